The minimum absolute atomic E-state index is 0. The molecule has 6 nitrogen and oxygen atoms in total. The first kappa shape index (κ1) is 21.4. The Hall–Kier alpha value is -1.66. The minimum atomic E-state index is 0. The lowest BCUT2D eigenvalue weighted by Crippen LogP contribution is -2.42. The van der Waals surface area contributed by atoms with Gasteiger partial charge in [0.25, 0.3) is 0 Å². The van der Waals surface area contributed by atoms with Crippen LogP contribution in [0.1, 0.15) is 25.3 Å². The molecule has 0 aromatic heterocycles. The van der Waals surface area contributed by atoms with Crippen molar-refractivity contribution in [3.05, 3.63) is 17.7 Å². The molecule has 0 bridgehead atoms. The molecule has 0 spiro atoms. The molecular weight excluding hydrogens is 344 g/mol. The predicted octanol–water partition coefficient (Wildman–Crippen LogP) is 2.28. The van der Waals surface area contributed by atoms with Crippen LogP contribution in [-0.4, -0.2) is 57.8 Å². The molecule has 1 atom stereocenters. The summed E-state index contributed by atoms with van der Waals surface area (Å²) in [5.74, 6) is 1.83. The van der Waals surface area contributed by atoms with Crippen LogP contribution in [0.4, 0.5) is 0 Å². The molecule has 1 aromatic rings. The van der Waals surface area contributed by atoms with E-state index in [1.165, 1.54) is 0 Å². The first-order valence-electron chi connectivity index (χ1n) is 8.43. The molecule has 1 fully saturated rings. The van der Waals surface area contributed by atoms with Crippen LogP contribution in [0.25, 0.3) is 0 Å². The van der Waals surface area contributed by atoms with Gasteiger partial charge in [-0.2, -0.15) is 0 Å². The molecule has 1 amide bonds. The lowest BCUT2D eigenvalue weighted by Gasteiger charge is -2.28. The number of benzene rings is 1. The highest BCUT2D eigenvalue weighted by Crippen LogP contribution is 2.38. The maximum Gasteiger partial charge on any atom is 0.227 e. The van der Waals surface area contributed by atoms with E-state index in [9.17, 15) is 4.79 Å². The third-order valence-electron chi connectivity index (χ3n) is 4.34. The van der Waals surface area contributed by atoms with E-state index < -0.39 is 0 Å². The summed E-state index contributed by atoms with van der Waals surface area (Å²) in [7, 11) is 4.73. The second-order valence-electron chi connectivity index (χ2n) is 5.94. The molecular formula is C18H29ClN2O4. The summed E-state index contributed by atoms with van der Waals surface area (Å²) in [5.41, 5.74) is 0.863. The number of methoxy groups -OCH3 is 3. The maximum atomic E-state index is 12.8. The van der Waals surface area contributed by atoms with Crippen molar-refractivity contribution < 1.29 is 19.0 Å². The minimum Gasteiger partial charge on any atom is -0.493 e. The van der Waals surface area contributed by atoms with Gasteiger partial charge in [-0.25, -0.2) is 0 Å². The zero-order valence-electron chi connectivity index (χ0n) is 15.5. The summed E-state index contributed by atoms with van der Waals surface area (Å²) in [6.45, 7) is 4.74. The molecule has 1 aromatic carbocycles. The van der Waals surface area contributed by atoms with Crippen molar-refractivity contribution in [2.45, 2.75) is 32.2 Å². The van der Waals surface area contributed by atoms with Gasteiger partial charge in [-0.15, -0.1) is 12.4 Å². The molecule has 1 aliphatic rings. The number of amides is 1. The summed E-state index contributed by atoms with van der Waals surface area (Å²) in [4.78, 5) is 14.8. The Morgan fingerprint density at radius 2 is 1.84 bits per heavy atom. The van der Waals surface area contributed by atoms with Gasteiger partial charge >= 0.3 is 0 Å². The standard InChI is InChI=1S/C18H28N2O4.ClH/c1-5-8-20(14-6-7-19-12-14)17(21)11-13-9-15(22-2)18(24-4)16(10-13)23-3;/h9-10,14,19H,5-8,11-12H2,1-4H3;1H. The Morgan fingerprint density at radius 1 is 1.20 bits per heavy atom. The van der Waals surface area contributed by atoms with Crippen LogP contribution < -0.4 is 19.5 Å². The molecule has 25 heavy (non-hydrogen) atoms. The molecule has 2 rings (SSSR count). The number of rotatable bonds is 8. The van der Waals surface area contributed by atoms with Crippen molar-refractivity contribution >= 4 is 18.3 Å². The molecule has 1 unspecified atom stereocenters. The van der Waals surface area contributed by atoms with Crippen molar-refractivity contribution in [3.8, 4) is 17.2 Å². The van der Waals surface area contributed by atoms with Gasteiger partial charge in [0.1, 0.15) is 0 Å². The van der Waals surface area contributed by atoms with Gasteiger partial charge in [0.2, 0.25) is 11.7 Å². The van der Waals surface area contributed by atoms with E-state index in [4.69, 9.17) is 14.2 Å². The summed E-state index contributed by atoms with van der Waals surface area (Å²) in [6.07, 6.45) is 2.30. The Kier molecular flexibility index (Phi) is 8.86. The SMILES string of the molecule is CCCN(C(=O)Cc1cc(OC)c(OC)c(OC)c1)C1CCNC1.Cl. The van der Waals surface area contributed by atoms with Gasteiger partial charge < -0.3 is 24.4 Å². The van der Waals surface area contributed by atoms with Gasteiger partial charge in [-0.1, -0.05) is 6.92 Å². The van der Waals surface area contributed by atoms with Gasteiger partial charge in [0.15, 0.2) is 11.5 Å². The van der Waals surface area contributed by atoms with E-state index in [1.807, 2.05) is 17.0 Å². The Morgan fingerprint density at radius 3 is 2.28 bits per heavy atom. The predicted molar refractivity (Wildman–Crippen MR) is 100 cm³/mol. The fourth-order valence-corrected chi connectivity index (χ4v) is 3.17. The van der Waals surface area contributed by atoms with Crippen molar-refractivity contribution in [3.63, 3.8) is 0 Å². The Bertz CT molecular complexity index is 537. The van der Waals surface area contributed by atoms with Crippen LogP contribution in [0.2, 0.25) is 0 Å². The van der Waals surface area contributed by atoms with E-state index >= 15 is 0 Å². The van der Waals surface area contributed by atoms with Crippen LogP contribution in [0.3, 0.4) is 0 Å². The second kappa shape index (κ2) is 10.4. The third-order valence-corrected chi connectivity index (χ3v) is 4.34. The van der Waals surface area contributed by atoms with E-state index in [0.29, 0.717) is 29.7 Å². The van der Waals surface area contributed by atoms with Crippen LogP contribution in [0, 0.1) is 0 Å². The number of carbonyl (C=O) groups excluding carboxylic acids is 1. The largest absolute Gasteiger partial charge is 0.493 e. The molecule has 0 saturated carbocycles. The number of nitrogens with one attached hydrogen (secondary N) is 1. The number of ether oxygens (including phenoxy) is 3. The molecule has 7 heteroatoms. The molecule has 1 heterocycles. The van der Waals surface area contributed by atoms with E-state index in [-0.39, 0.29) is 18.3 Å². The van der Waals surface area contributed by atoms with E-state index in [2.05, 4.69) is 12.2 Å². The zero-order chi connectivity index (χ0) is 17.5. The highest BCUT2D eigenvalue weighted by atomic mass is 35.5. The fourth-order valence-electron chi connectivity index (χ4n) is 3.17. The highest BCUT2D eigenvalue weighted by molar-refractivity contribution is 5.85. The highest BCUT2D eigenvalue weighted by Gasteiger charge is 2.26. The molecule has 142 valence electrons. The lowest BCUT2D eigenvalue weighted by molar-refractivity contribution is -0.132. The number of halogens is 1. The molecule has 1 saturated heterocycles. The molecule has 0 aliphatic carbocycles. The summed E-state index contributed by atoms with van der Waals surface area (Å²) in [6, 6.07) is 3.98. The smallest absolute Gasteiger partial charge is 0.227 e. The first-order valence-corrected chi connectivity index (χ1v) is 8.43. The fraction of sp³-hybridized carbons (Fsp3) is 0.611. The van der Waals surface area contributed by atoms with Gasteiger partial charge in [0, 0.05) is 19.1 Å². The van der Waals surface area contributed by atoms with Gasteiger partial charge in [0.05, 0.1) is 27.8 Å². The first-order chi connectivity index (χ1) is 11.6. The van der Waals surface area contributed by atoms with Crippen molar-refractivity contribution in [2.75, 3.05) is 41.0 Å². The normalized spacial score (nSPS) is 16.1. The number of carbonyl (C=O) groups is 1. The van der Waals surface area contributed by atoms with Crippen LogP contribution in [-0.2, 0) is 11.2 Å². The lowest BCUT2D eigenvalue weighted by atomic mass is 10.1. The average molecular weight is 373 g/mol. The Balaban J connectivity index is 0.00000312. The van der Waals surface area contributed by atoms with E-state index in [0.717, 1.165) is 38.0 Å². The van der Waals surface area contributed by atoms with Crippen molar-refractivity contribution in [2.24, 2.45) is 0 Å². The number of hydrogen-bond donors (Lipinski definition) is 1. The summed E-state index contributed by atoms with van der Waals surface area (Å²) in [5, 5.41) is 3.33. The van der Waals surface area contributed by atoms with E-state index in [1.54, 1.807) is 21.3 Å². The summed E-state index contributed by atoms with van der Waals surface area (Å²) >= 11 is 0. The van der Waals surface area contributed by atoms with Crippen LogP contribution in [0.5, 0.6) is 17.2 Å². The summed E-state index contributed by atoms with van der Waals surface area (Å²) < 4.78 is 16.1. The maximum absolute atomic E-state index is 12.8. The van der Waals surface area contributed by atoms with Crippen LogP contribution in [0.15, 0.2) is 12.1 Å². The average Bonchev–Trinajstić information content (AvgIpc) is 3.12. The van der Waals surface area contributed by atoms with Gasteiger partial charge in [-0.05, 0) is 37.1 Å². The molecule has 0 radical (unpaired) electrons. The quantitative estimate of drug-likeness (QED) is 0.758. The third kappa shape index (κ3) is 5.16. The molecule has 1 aliphatic heterocycles. The van der Waals surface area contributed by atoms with Gasteiger partial charge in [-0.3, -0.25) is 4.79 Å². The van der Waals surface area contributed by atoms with Crippen molar-refractivity contribution in [1.29, 1.82) is 0 Å². The molecule has 1 N–H and O–H groups in total. The zero-order valence-corrected chi connectivity index (χ0v) is 16.3. The second-order valence-corrected chi connectivity index (χ2v) is 5.94. The monoisotopic (exact) mass is 372 g/mol. The number of nitrogens with zero attached hydrogens (tertiary/aromatic N) is 1. The van der Waals surface area contributed by atoms with Crippen molar-refractivity contribution in [1.82, 2.24) is 10.2 Å². The Labute approximate surface area is 156 Å². The number of hydrogen-bond acceptors (Lipinski definition) is 5. The van der Waals surface area contributed by atoms with Crippen LogP contribution >= 0.6 is 12.4 Å². The topological polar surface area (TPSA) is 60.0 Å².